The molecule has 1 amide bonds. The van der Waals surface area contributed by atoms with Gasteiger partial charge in [0.1, 0.15) is 0 Å². The third-order valence-electron chi connectivity index (χ3n) is 3.47. The third kappa shape index (κ3) is 6.33. The molecule has 0 spiro atoms. The lowest BCUT2D eigenvalue weighted by Gasteiger charge is -2.26. The molecule has 1 aliphatic rings. The predicted molar refractivity (Wildman–Crippen MR) is 70.3 cm³/mol. The monoisotopic (exact) mass is 258 g/mol. The quantitative estimate of drug-likeness (QED) is 0.547. The highest BCUT2D eigenvalue weighted by Gasteiger charge is 2.21. The van der Waals surface area contributed by atoms with Gasteiger partial charge in [0.2, 0.25) is 5.91 Å². The van der Waals surface area contributed by atoms with Crippen LogP contribution < -0.4 is 10.6 Å². The summed E-state index contributed by atoms with van der Waals surface area (Å²) in [5.74, 6) is 0.293. The number of amides is 1. The van der Waals surface area contributed by atoms with Gasteiger partial charge >= 0.3 is 0 Å². The van der Waals surface area contributed by atoms with Gasteiger partial charge < -0.3 is 20.5 Å². The van der Waals surface area contributed by atoms with Gasteiger partial charge in [0.25, 0.3) is 0 Å². The molecule has 5 nitrogen and oxygen atoms in total. The first-order chi connectivity index (χ1) is 8.74. The molecule has 18 heavy (non-hydrogen) atoms. The summed E-state index contributed by atoms with van der Waals surface area (Å²) < 4.78 is 4.87. The van der Waals surface area contributed by atoms with Crippen molar-refractivity contribution in [3.63, 3.8) is 0 Å². The van der Waals surface area contributed by atoms with Gasteiger partial charge in [-0.1, -0.05) is 19.3 Å². The number of aliphatic hydroxyl groups is 1. The second-order valence-electron chi connectivity index (χ2n) is 4.94. The van der Waals surface area contributed by atoms with E-state index in [-0.39, 0.29) is 12.5 Å². The van der Waals surface area contributed by atoms with Crippen molar-refractivity contribution in [1.29, 1.82) is 0 Å². The maximum Gasteiger partial charge on any atom is 0.234 e. The largest absolute Gasteiger partial charge is 0.391 e. The Balaban J connectivity index is 2.05. The van der Waals surface area contributed by atoms with Crippen LogP contribution in [0.25, 0.3) is 0 Å². The van der Waals surface area contributed by atoms with E-state index in [1.165, 1.54) is 19.3 Å². The molecule has 1 saturated carbocycles. The zero-order valence-electron chi connectivity index (χ0n) is 11.3. The van der Waals surface area contributed by atoms with E-state index in [0.717, 1.165) is 12.8 Å². The Morgan fingerprint density at radius 2 is 2.11 bits per heavy atom. The van der Waals surface area contributed by atoms with E-state index in [4.69, 9.17) is 4.74 Å². The van der Waals surface area contributed by atoms with Gasteiger partial charge in [0.05, 0.1) is 19.3 Å². The molecule has 0 aliphatic heterocycles. The summed E-state index contributed by atoms with van der Waals surface area (Å²) >= 11 is 0. The number of methoxy groups -OCH3 is 1. The van der Waals surface area contributed by atoms with Gasteiger partial charge in [0.15, 0.2) is 0 Å². The Bertz CT molecular complexity index is 230. The Kier molecular flexibility index (Phi) is 7.96. The van der Waals surface area contributed by atoms with Crippen molar-refractivity contribution in [2.45, 2.75) is 38.2 Å². The lowest BCUT2D eigenvalue weighted by atomic mass is 9.85. The van der Waals surface area contributed by atoms with Crippen LogP contribution in [-0.2, 0) is 9.53 Å². The van der Waals surface area contributed by atoms with Crippen LogP contribution in [0.1, 0.15) is 32.1 Å². The summed E-state index contributed by atoms with van der Waals surface area (Å²) in [6, 6.07) is 0. The van der Waals surface area contributed by atoms with E-state index >= 15 is 0 Å². The summed E-state index contributed by atoms with van der Waals surface area (Å²) in [6.07, 6.45) is 5.46. The summed E-state index contributed by atoms with van der Waals surface area (Å²) in [5.41, 5.74) is 0. The Morgan fingerprint density at radius 1 is 1.39 bits per heavy atom. The molecule has 1 rings (SSSR count). The molecule has 1 unspecified atom stereocenters. The Hall–Kier alpha value is -0.650. The molecule has 1 fully saturated rings. The van der Waals surface area contributed by atoms with E-state index in [2.05, 4.69) is 10.6 Å². The number of aliphatic hydroxyl groups excluding tert-OH is 1. The lowest BCUT2D eigenvalue weighted by Crippen LogP contribution is -2.41. The van der Waals surface area contributed by atoms with Crippen LogP contribution in [0.15, 0.2) is 0 Å². The Morgan fingerprint density at radius 3 is 2.78 bits per heavy atom. The molecule has 0 saturated heterocycles. The fraction of sp³-hybridized carbons (Fsp3) is 0.923. The van der Waals surface area contributed by atoms with Gasteiger partial charge in [0, 0.05) is 20.2 Å². The van der Waals surface area contributed by atoms with Crippen LogP contribution in [-0.4, -0.2) is 50.5 Å². The molecule has 1 atom stereocenters. The molecule has 0 aromatic heterocycles. The summed E-state index contributed by atoms with van der Waals surface area (Å²) in [7, 11) is 1.63. The van der Waals surface area contributed by atoms with E-state index in [0.29, 0.717) is 25.6 Å². The Labute approximate surface area is 109 Å². The number of nitrogens with one attached hydrogen (secondary N) is 2. The van der Waals surface area contributed by atoms with Crippen molar-refractivity contribution in [3.05, 3.63) is 0 Å². The normalized spacial score (nSPS) is 18.6. The summed E-state index contributed by atoms with van der Waals surface area (Å²) in [5, 5.41) is 15.7. The van der Waals surface area contributed by atoms with Crippen LogP contribution in [0.5, 0.6) is 0 Å². The van der Waals surface area contributed by atoms with E-state index in [1.807, 2.05) is 0 Å². The molecule has 0 bridgehead atoms. The van der Waals surface area contributed by atoms with E-state index < -0.39 is 6.10 Å². The van der Waals surface area contributed by atoms with Gasteiger partial charge in [-0.25, -0.2) is 0 Å². The standard InChI is InChI=1S/C13H26N2O3/c1-18-8-7-14-10-13(17)15-9-12(16)11-5-3-2-4-6-11/h11-12,14,16H,2-10H2,1H3,(H,15,17). The maximum absolute atomic E-state index is 11.5. The average molecular weight is 258 g/mol. The molecule has 5 heteroatoms. The van der Waals surface area contributed by atoms with Crippen molar-refractivity contribution in [2.24, 2.45) is 5.92 Å². The fourth-order valence-electron chi connectivity index (χ4n) is 2.34. The second-order valence-corrected chi connectivity index (χ2v) is 4.94. The molecule has 0 aromatic rings. The van der Waals surface area contributed by atoms with Crippen molar-refractivity contribution in [1.82, 2.24) is 10.6 Å². The zero-order valence-corrected chi connectivity index (χ0v) is 11.3. The van der Waals surface area contributed by atoms with Crippen molar-refractivity contribution in [3.8, 4) is 0 Å². The zero-order chi connectivity index (χ0) is 13.2. The SMILES string of the molecule is COCCNCC(=O)NCC(O)C1CCCCC1. The number of ether oxygens (including phenoxy) is 1. The van der Waals surface area contributed by atoms with Crippen LogP contribution in [0.3, 0.4) is 0 Å². The molecule has 0 radical (unpaired) electrons. The molecule has 1 aliphatic carbocycles. The highest BCUT2D eigenvalue weighted by Crippen LogP contribution is 2.26. The molecule has 3 N–H and O–H groups in total. The van der Waals surface area contributed by atoms with Gasteiger partial charge in [-0.3, -0.25) is 4.79 Å². The highest BCUT2D eigenvalue weighted by molar-refractivity contribution is 5.77. The number of hydrogen-bond acceptors (Lipinski definition) is 4. The molecule has 106 valence electrons. The van der Waals surface area contributed by atoms with Crippen molar-refractivity contribution >= 4 is 5.91 Å². The van der Waals surface area contributed by atoms with Crippen LogP contribution in [0.4, 0.5) is 0 Å². The van der Waals surface area contributed by atoms with Crippen LogP contribution >= 0.6 is 0 Å². The average Bonchev–Trinajstić information content (AvgIpc) is 2.42. The number of hydrogen-bond donors (Lipinski definition) is 3. The topological polar surface area (TPSA) is 70.6 Å². The van der Waals surface area contributed by atoms with Crippen LogP contribution in [0.2, 0.25) is 0 Å². The minimum atomic E-state index is -0.395. The molecule has 0 aromatic carbocycles. The van der Waals surface area contributed by atoms with Gasteiger partial charge in [-0.15, -0.1) is 0 Å². The van der Waals surface area contributed by atoms with Crippen molar-refractivity contribution < 1.29 is 14.6 Å². The number of carbonyl (C=O) groups excluding carboxylic acids is 1. The highest BCUT2D eigenvalue weighted by atomic mass is 16.5. The minimum absolute atomic E-state index is 0.0686. The van der Waals surface area contributed by atoms with Gasteiger partial charge in [-0.2, -0.15) is 0 Å². The first-order valence-electron chi connectivity index (χ1n) is 6.88. The number of rotatable bonds is 8. The minimum Gasteiger partial charge on any atom is -0.391 e. The van der Waals surface area contributed by atoms with E-state index in [1.54, 1.807) is 7.11 Å². The second kappa shape index (κ2) is 9.30. The first-order valence-corrected chi connectivity index (χ1v) is 6.88. The van der Waals surface area contributed by atoms with Crippen molar-refractivity contribution in [2.75, 3.05) is 33.4 Å². The predicted octanol–water partition coefficient (Wildman–Crippen LogP) is 0.280. The fourth-order valence-corrected chi connectivity index (χ4v) is 2.34. The van der Waals surface area contributed by atoms with E-state index in [9.17, 15) is 9.90 Å². The first kappa shape index (κ1) is 15.4. The summed E-state index contributed by atoms with van der Waals surface area (Å²) in [4.78, 5) is 11.5. The third-order valence-corrected chi connectivity index (χ3v) is 3.47. The lowest BCUT2D eigenvalue weighted by molar-refractivity contribution is -0.120. The van der Waals surface area contributed by atoms with Gasteiger partial charge in [-0.05, 0) is 18.8 Å². The smallest absolute Gasteiger partial charge is 0.234 e. The molecule has 0 heterocycles. The molecular formula is C13H26N2O3. The maximum atomic E-state index is 11.5. The molecular weight excluding hydrogens is 232 g/mol. The number of carbonyl (C=O) groups is 1. The van der Waals surface area contributed by atoms with Crippen LogP contribution in [0, 0.1) is 5.92 Å². The summed E-state index contributed by atoms with van der Waals surface area (Å²) in [6.45, 7) is 1.91.